The standard InChI is InChI=1S/C28H36N2S/c1-23-14-15-26-27(21-23)29-17-16-28(26)31-20-9-4-2-3-6-11-24-12-10-13-25(22-24)30-18-7-5-8-19-30/h10,12-17,21-22H,2-9,11,18-20H2,1H3. The molecule has 0 unspecified atom stereocenters. The van der Waals surface area contributed by atoms with Gasteiger partial charge in [-0.1, -0.05) is 43.5 Å². The Bertz CT molecular complexity index is 962. The average Bonchev–Trinajstić information content (AvgIpc) is 2.81. The van der Waals surface area contributed by atoms with Crippen molar-refractivity contribution in [2.75, 3.05) is 23.7 Å². The molecule has 1 saturated heterocycles. The minimum absolute atomic E-state index is 1.12. The molecule has 0 atom stereocenters. The number of fused-ring (bicyclic) bond motifs is 1. The first-order valence-electron chi connectivity index (χ1n) is 12.1. The van der Waals surface area contributed by atoms with Gasteiger partial charge in [-0.05, 0) is 86.6 Å². The van der Waals surface area contributed by atoms with E-state index in [4.69, 9.17) is 0 Å². The van der Waals surface area contributed by atoms with Gasteiger partial charge >= 0.3 is 0 Å². The first-order valence-corrected chi connectivity index (χ1v) is 13.1. The van der Waals surface area contributed by atoms with Gasteiger partial charge in [-0.3, -0.25) is 4.98 Å². The van der Waals surface area contributed by atoms with Crippen LogP contribution in [0.15, 0.2) is 59.6 Å². The van der Waals surface area contributed by atoms with Crippen LogP contribution in [0.3, 0.4) is 0 Å². The van der Waals surface area contributed by atoms with Crippen LogP contribution in [0.5, 0.6) is 0 Å². The molecule has 3 heteroatoms. The minimum Gasteiger partial charge on any atom is -0.372 e. The molecule has 164 valence electrons. The van der Waals surface area contributed by atoms with Crippen molar-refractivity contribution >= 4 is 28.4 Å². The van der Waals surface area contributed by atoms with Gasteiger partial charge in [0, 0.05) is 35.3 Å². The fourth-order valence-corrected chi connectivity index (χ4v) is 5.62. The van der Waals surface area contributed by atoms with E-state index in [9.17, 15) is 0 Å². The highest BCUT2D eigenvalue weighted by Gasteiger charge is 2.11. The van der Waals surface area contributed by atoms with E-state index >= 15 is 0 Å². The molecule has 1 fully saturated rings. The van der Waals surface area contributed by atoms with Gasteiger partial charge in [0.2, 0.25) is 0 Å². The molecule has 0 amide bonds. The number of benzene rings is 2. The van der Waals surface area contributed by atoms with E-state index in [1.165, 1.54) is 104 Å². The van der Waals surface area contributed by atoms with Crippen LogP contribution in [-0.2, 0) is 6.42 Å². The van der Waals surface area contributed by atoms with Gasteiger partial charge in [0.05, 0.1) is 5.52 Å². The maximum atomic E-state index is 4.52. The van der Waals surface area contributed by atoms with Gasteiger partial charge in [-0.15, -0.1) is 11.8 Å². The van der Waals surface area contributed by atoms with Crippen molar-refractivity contribution < 1.29 is 0 Å². The Morgan fingerprint density at radius 3 is 2.61 bits per heavy atom. The summed E-state index contributed by atoms with van der Waals surface area (Å²) in [4.78, 5) is 8.46. The van der Waals surface area contributed by atoms with E-state index < -0.39 is 0 Å². The minimum atomic E-state index is 1.12. The zero-order valence-corrected chi connectivity index (χ0v) is 19.8. The van der Waals surface area contributed by atoms with E-state index in [2.05, 4.69) is 65.3 Å². The normalized spacial score (nSPS) is 14.3. The first-order chi connectivity index (χ1) is 15.3. The summed E-state index contributed by atoms with van der Waals surface area (Å²) in [6.45, 7) is 4.60. The highest BCUT2D eigenvalue weighted by atomic mass is 32.2. The molecular formula is C28H36N2S. The van der Waals surface area contributed by atoms with Crippen LogP contribution in [0.4, 0.5) is 5.69 Å². The smallest absolute Gasteiger partial charge is 0.0715 e. The molecule has 0 aliphatic carbocycles. The van der Waals surface area contributed by atoms with Crippen LogP contribution in [0.2, 0.25) is 0 Å². The number of anilines is 1. The molecule has 1 aliphatic rings. The lowest BCUT2D eigenvalue weighted by atomic mass is 10.0. The summed E-state index contributed by atoms with van der Waals surface area (Å²) in [7, 11) is 0. The number of rotatable bonds is 10. The highest BCUT2D eigenvalue weighted by Crippen LogP contribution is 2.28. The van der Waals surface area contributed by atoms with Crippen molar-refractivity contribution in [3.8, 4) is 0 Å². The SMILES string of the molecule is Cc1ccc2c(SCCCCCCCc3cccc(N4CCCCC4)c3)ccnc2c1. The molecule has 1 aromatic heterocycles. The maximum Gasteiger partial charge on any atom is 0.0715 e. The van der Waals surface area contributed by atoms with Crippen LogP contribution in [0.1, 0.15) is 62.5 Å². The quantitative estimate of drug-likeness (QED) is 0.240. The summed E-state index contributed by atoms with van der Waals surface area (Å²) < 4.78 is 0. The van der Waals surface area contributed by atoms with E-state index in [0.717, 1.165) is 5.52 Å². The van der Waals surface area contributed by atoms with Gasteiger partial charge in [-0.2, -0.15) is 0 Å². The number of hydrogen-bond acceptors (Lipinski definition) is 3. The van der Waals surface area contributed by atoms with Crippen LogP contribution < -0.4 is 4.90 Å². The molecule has 0 radical (unpaired) electrons. The Kier molecular flexibility index (Phi) is 8.29. The molecule has 2 aromatic carbocycles. The second-order valence-corrected chi connectivity index (χ2v) is 10.1. The summed E-state index contributed by atoms with van der Waals surface area (Å²) in [6, 6.07) is 18.0. The van der Waals surface area contributed by atoms with Gasteiger partial charge in [0.1, 0.15) is 0 Å². The molecule has 0 bridgehead atoms. The summed E-state index contributed by atoms with van der Waals surface area (Å²) in [5, 5.41) is 1.30. The monoisotopic (exact) mass is 432 g/mol. The van der Waals surface area contributed by atoms with Gasteiger partial charge in [0.25, 0.3) is 0 Å². The summed E-state index contributed by atoms with van der Waals surface area (Å²) >= 11 is 1.99. The summed E-state index contributed by atoms with van der Waals surface area (Å²) in [5.41, 5.74) is 5.35. The zero-order chi connectivity index (χ0) is 21.3. The predicted molar refractivity (Wildman–Crippen MR) is 136 cm³/mol. The largest absolute Gasteiger partial charge is 0.372 e. The molecule has 31 heavy (non-hydrogen) atoms. The van der Waals surface area contributed by atoms with E-state index in [1.54, 1.807) is 0 Å². The van der Waals surface area contributed by atoms with Crippen molar-refractivity contribution in [1.82, 2.24) is 4.98 Å². The number of unbranched alkanes of at least 4 members (excludes halogenated alkanes) is 4. The molecule has 3 aromatic rings. The summed E-state index contributed by atoms with van der Waals surface area (Å²) in [5.74, 6) is 1.20. The fraction of sp³-hybridized carbons (Fsp3) is 0.464. The zero-order valence-electron chi connectivity index (χ0n) is 19.0. The van der Waals surface area contributed by atoms with Gasteiger partial charge < -0.3 is 4.90 Å². The second kappa shape index (κ2) is 11.6. The Hall–Kier alpha value is -2.00. The van der Waals surface area contributed by atoms with Gasteiger partial charge in [-0.25, -0.2) is 0 Å². The highest BCUT2D eigenvalue weighted by molar-refractivity contribution is 7.99. The van der Waals surface area contributed by atoms with Crippen LogP contribution in [0, 0.1) is 6.92 Å². The number of pyridine rings is 1. The van der Waals surface area contributed by atoms with Crippen LogP contribution >= 0.6 is 11.8 Å². The average molecular weight is 433 g/mol. The third-order valence-electron chi connectivity index (χ3n) is 6.36. The Morgan fingerprint density at radius 1 is 0.871 bits per heavy atom. The van der Waals surface area contributed by atoms with Crippen molar-refractivity contribution in [3.63, 3.8) is 0 Å². The third-order valence-corrected chi connectivity index (χ3v) is 7.52. The predicted octanol–water partition coefficient (Wildman–Crippen LogP) is 7.82. The maximum absolute atomic E-state index is 4.52. The number of aryl methyl sites for hydroxylation is 2. The van der Waals surface area contributed by atoms with Crippen LogP contribution in [-0.4, -0.2) is 23.8 Å². The van der Waals surface area contributed by atoms with E-state index in [1.807, 2.05) is 18.0 Å². The van der Waals surface area contributed by atoms with E-state index in [0.29, 0.717) is 0 Å². The number of thioether (sulfide) groups is 1. The van der Waals surface area contributed by atoms with Crippen molar-refractivity contribution in [3.05, 3.63) is 65.9 Å². The lowest BCUT2D eigenvalue weighted by Gasteiger charge is -2.29. The molecule has 0 saturated carbocycles. The van der Waals surface area contributed by atoms with Crippen molar-refractivity contribution in [2.45, 2.75) is 69.6 Å². The summed E-state index contributed by atoms with van der Waals surface area (Å²) in [6.07, 6.45) is 13.9. The fourth-order valence-electron chi connectivity index (χ4n) is 4.56. The number of hydrogen-bond donors (Lipinski definition) is 0. The van der Waals surface area contributed by atoms with Crippen molar-refractivity contribution in [2.24, 2.45) is 0 Å². The first kappa shape index (κ1) is 22.2. The number of piperidine rings is 1. The molecule has 0 N–H and O–H groups in total. The lowest BCUT2D eigenvalue weighted by molar-refractivity contribution is 0.577. The molecule has 4 rings (SSSR count). The molecule has 1 aliphatic heterocycles. The Morgan fingerprint density at radius 2 is 1.71 bits per heavy atom. The molecule has 2 heterocycles. The van der Waals surface area contributed by atoms with Crippen LogP contribution in [0.25, 0.3) is 10.9 Å². The Labute approximate surface area is 192 Å². The number of aromatic nitrogens is 1. The number of nitrogens with zero attached hydrogens (tertiary/aromatic N) is 2. The molecular weight excluding hydrogens is 396 g/mol. The molecule has 2 nitrogen and oxygen atoms in total. The lowest BCUT2D eigenvalue weighted by Crippen LogP contribution is -2.29. The van der Waals surface area contributed by atoms with E-state index in [-0.39, 0.29) is 0 Å². The Balaban J connectivity index is 1.13. The van der Waals surface area contributed by atoms with Gasteiger partial charge in [0.15, 0.2) is 0 Å². The second-order valence-electron chi connectivity index (χ2n) is 8.91. The molecule has 0 spiro atoms. The van der Waals surface area contributed by atoms with Crippen molar-refractivity contribution in [1.29, 1.82) is 0 Å². The topological polar surface area (TPSA) is 16.1 Å². The third kappa shape index (κ3) is 6.49.